The summed E-state index contributed by atoms with van der Waals surface area (Å²) in [6.07, 6.45) is -0.732. The summed E-state index contributed by atoms with van der Waals surface area (Å²) in [5.41, 5.74) is 6.24. The molecule has 1 unspecified atom stereocenters. The zero-order chi connectivity index (χ0) is 15.3. The molecule has 0 aliphatic rings. The molecule has 0 saturated carbocycles. The van der Waals surface area contributed by atoms with Crippen molar-refractivity contribution in [2.45, 2.75) is 32.9 Å². The molecule has 0 heterocycles. The van der Waals surface area contributed by atoms with Crippen molar-refractivity contribution in [3.63, 3.8) is 0 Å². The number of rotatable bonds is 5. The Balaban J connectivity index is 2.91. The minimum Gasteiger partial charge on any atom is -0.480 e. The molecule has 0 saturated heterocycles. The first kappa shape index (κ1) is 15.8. The molecule has 0 aromatic heterocycles. The van der Waals surface area contributed by atoms with E-state index < -0.39 is 12.1 Å². The Morgan fingerprint density at radius 2 is 1.90 bits per heavy atom. The number of esters is 1. The second-order valence-electron chi connectivity index (χ2n) is 4.67. The van der Waals surface area contributed by atoms with Gasteiger partial charge in [0.15, 0.2) is 6.10 Å². The molecule has 0 aliphatic heterocycles. The predicted octanol–water partition coefficient (Wildman–Crippen LogP) is 1.35. The predicted molar refractivity (Wildman–Crippen MR) is 75.6 cm³/mol. The van der Waals surface area contributed by atoms with Crippen LogP contribution in [0, 0.1) is 0 Å². The first-order chi connectivity index (χ1) is 9.35. The Morgan fingerprint density at radius 1 is 1.25 bits per heavy atom. The molecule has 1 aromatic rings. The van der Waals surface area contributed by atoms with Crippen LogP contribution in [0.15, 0.2) is 18.2 Å². The smallest absolute Gasteiger partial charge is 0.341 e. The van der Waals surface area contributed by atoms with Crippen molar-refractivity contribution in [2.75, 3.05) is 12.8 Å². The Bertz CT molecular complexity index is 500. The van der Waals surface area contributed by atoms with Crippen molar-refractivity contribution in [2.24, 2.45) is 0 Å². The minimum absolute atomic E-state index is 0.0139. The Kier molecular flexibility index (Phi) is 5.37. The zero-order valence-electron chi connectivity index (χ0n) is 12.1. The van der Waals surface area contributed by atoms with Gasteiger partial charge in [-0.25, -0.2) is 4.79 Å². The third-order valence-corrected chi connectivity index (χ3v) is 2.51. The highest BCUT2D eigenvalue weighted by molar-refractivity contribution is 5.93. The van der Waals surface area contributed by atoms with Crippen molar-refractivity contribution < 1.29 is 19.1 Å². The highest BCUT2D eigenvalue weighted by Gasteiger charge is 2.20. The molecule has 20 heavy (non-hydrogen) atoms. The lowest BCUT2D eigenvalue weighted by Gasteiger charge is -2.18. The van der Waals surface area contributed by atoms with E-state index in [4.69, 9.17) is 10.5 Å². The molecule has 0 bridgehead atoms. The fourth-order valence-electron chi connectivity index (χ4n) is 1.57. The summed E-state index contributed by atoms with van der Waals surface area (Å²) in [7, 11) is 1.27. The van der Waals surface area contributed by atoms with Gasteiger partial charge in [-0.2, -0.15) is 0 Å². The van der Waals surface area contributed by atoms with Crippen LogP contribution in [0.4, 0.5) is 5.69 Å². The van der Waals surface area contributed by atoms with Gasteiger partial charge in [-0.15, -0.1) is 0 Å². The Morgan fingerprint density at radius 3 is 2.45 bits per heavy atom. The summed E-state index contributed by atoms with van der Waals surface area (Å²) in [4.78, 5) is 23.5. The number of anilines is 1. The summed E-state index contributed by atoms with van der Waals surface area (Å²) < 4.78 is 10.2. The van der Waals surface area contributed by atoms with Gasteiger partial charge >= 0.3 is 5.97 Å². The van der Waals surface area contributed by atoms with Gasteiger partial charge in [0.1, 0.15) is 11.3 Å². The van der Waals surface area contributed by atoms with Crippen LogP contribution in [0.2, 0.25) is 0 Å². The van der Waals surface area contributed by atoms with E-state index in [1.54, 1.807) is 19.1 Å². The number of nitrogens with two attached hydrogens (primary N) is 1. The van der Waals surface area contributed by atoms with Crippen LogP contribution in [-0.4, -0.2) is 31.1 Å². The van der Waals surface area contributed by atoms with E-state index in [0.717, 1.165) is 0 Å². The van der Waals surface area contributed by atoms with E-state index in [1.165, 1.54) is 13.2 Å². The lowest BCUT2D eigenvalue weighted by atomic mass is 10.1. The van der Waals surface area contributed by atoms with Crippen LogP contribution in [0.1, 0.15) is 31.1 Å². The largest absolute Gasteiger partial charge is 0.480 e. The molecule has 1 rings (SSSR count). The maximum absolute atomic E-state index is 11.8. The molecule has 0 radical (unpaired) electrons. The van der Waals surface area contributed by atoms with E-state index >= 15 is 0 Å². The molecular formula is C14H20N2O4. The van der Waals surface area contributed by atoms with Crippen LogP contribution >= 0.6 is 0 Å². The summed E-state index contributed by atoms with van der Waals surface area (Å²) in [6.45, 7) is 5.32. The third-order valence-electron chi connectivity index (χ3n) is 2.51. The highest BCUT2D eigenvalue weighted by atomic mass is 16.5. The lowest BCUT2D eigenvalue weighted by molar-refractivity contribution is -0.127. The Labute approximate surface area is 118 Å². The number of hydrogen-bond donors (Lipinski definition) is 2. The number of carbonyl (C=O) groups is 2. The number of amides is 1. The van der Waals surface area contributed by atoms with Gasteiger partial charge in [-0.05, 0) is 39.0 Å². The van der Waals surface area contributed by atoms with E-state index in [2.05, 4.69) is 10.1 Å². The summed E-state index contributed by atoms with van der Waals surface area (Å²) in [5.74, 6) is -0.561. The second kappa shape index (κ2) is 6.79. The molecule has 1 atom stereocenters. The molecule has 1 aromatic carbocycles. The number of ether oxygens (including phenoxy) is 2. The summed E-state index contributed by atoms with van der Waals surface area (Å²) >= 11 is 0. The van der Waals surface area contributed by atoms with Crippen LogP contribution < -0.4 is 15.8 Å². The standard InChI is InChI=1S/C14H20N2O4/c1-8(2)16-13(17)9(3)20-12-6-5-10(15)7-11(12)14(18)19-4/h5-9H,15H2,1-4H3,(H,16,17). The van der Waals surface area contributed by atoms with Crippen molar-refractivity contribution in [3.8, 4) is 5.75 Å². The molecule has 6 nitrogen and oxygen atoms in total. The normalized spacial score (nSPS) is 11.8. The van der Waals surface area contributed by atoms with Gasteiger partial charge in [0.2, 0.25) is 0 Å². The van der Waals surface area contributed by atoms with E-state index in [9.17, 15) is 9.59 Å². The number of carbonyl (C=O) groups excluding carboxylic acids is 2. The van der Waals surface area contributed by atoms with Crippen molar-refractivity contribution in [1.82, 2.24) is 5.32 Å². The number of nitrogen functional groups attached to an aromatic ring is 1. The van der Waals surface area contributed by atoms with Gasteiger partial charge in [-0.3, -0.25) is 4.79 Å². The van der Waals surface area contributed by atoms with Gasteiger partial charge < -0.3 is 20.5 Å². The summed E-state index contributed by atoms with van der Waals surface area (Å²) in [5, 5.41) is 2.73. The maximum Gasteiger partial charge on any atom is 0.341 e. The molecule has 0 aliphatic carbocycles. The molecule has 1 amide bonds. The third kappa shape index (κ3) is 4.15. The number of methoxy groups -OCH3 is 1. The molecule has 0 spiro atoms. The van der Waals surface area contributed by atoms with Crippen molar-refractivity contribution in [3.05, 3.63) is 23.8 Å². The molecule has 110 valence electrons. The van der Waals surface area contributed by atoms with Crippen molar-refractivity contribution in [1.29, 1.82) is 0 Å². The average Bonchev–Trinajstić information content (AvgIpc) is 2.38. The number of nitrogens with one attached hydrogen (secondary N) is 1. The van der Waals surface area contributed by atoms with Crippen LogP contribution in [0.3, 0.4) is 0 Å². The first-order valence-corrected chi connectivity index (χ1v) is 6.30. The van der Waals surface area contributed by atoms with Crippen LogP contribution in [0.5, 0.6) is 5.75 Å². The summed E-state index contributed by atoms with van der Waals surface area (Å²) in [6, 6.07) is 4.60. The molecule has 0 fully saturated rings. The first-order valence-electron chi connectivity index (χ1n) is 6.30. The average molecular weight is 280 g/mol. The van der Waals surface area contributed by atoms with Gasteiger partial charge in [0.25, 0.3) is 5.91 Å². The van der Waals surface area contributed by atoms with E-state index in [1.807, 2.05) is 13.8 Å². The molecular weight excluding hydrogens is 260 g/mol. The van der Waals surface area contributed by atoms with E-state index in [-0.39, 0.29) is 23.3 Å². The van der Waals surface area contributed by atoms with Crippen LogP contribution in [-0.2, 0) is 9.53 Å². The van der Waals surface area contributed by atoms with Crippen LogP contribution in [0.25, 0.3) is 0 Å². The lowest BCUT2D eigenvalue weighted by Crippen LogP contribution is -2.40. The fraction of sp³-hybridized carbons (Fsp3) is 0.429. The highest BCUT2D eigenvalue weighted by Crippen LogP contribution is 2.23. The number of benzene rings is 1. The van der Waals surface area contributed by atoms with Gasteiger partial charge in [0.05, 0.1) is 7.11 Å². The quantitative estimate of drug-likeness (QED) is 0.627. The van der Waals surface area contributed by atoms with Gasteiger partial charge in [0, 0.05) is 11.7 Å². The van der Waals surface area contributed by atoms with E-state index in [0.29, 0.717) is 5.69 Å². The minimum atomic E-state index is -0.732. The monoisotopic (exact) mass is 280 g/mol. The fourth-order valence-corrected chi connectivity index (χ4v) is 1.57. The van der Waals surface area contributed by atoms with Gasteiger partial charge in [-0.1, -0.05) is 0 Å². The topological polar surface area (TPSA) is 90.7 Å². The molecule has 3 N–H and O–H groups in total. The zero-order valence-corrected chi connectivity index (χ0v) is 12.1. The van der Waals surface area contributed by atoms with Crippen molar-refractivity contribution >= 4 is 17.6 Å². The number of hydrogen-bond acceptors (Lipinski definition) is 5. The SMILES string of the molecule is COC(=O)c1cc(N)ccc1OC(C)C(=O)NC(C)C. The molecule has 6 heteroatoms. The Hall–Kier alpha value is -2.24. The maximum atomic E-state index is 11.8. The second-order valence-corrected chi connectivity index (χ2v) is 4.67.